The van der Waals surface area contributed by atoms with Crippen molar-refractivity contribution in [2.75, 3.05) is 6.54 Å². The number of hydrogen-bond donors (Lipinski definition) is 1. The van der Waals surface area contributed by atoms with Gasteiger partial charge in [0, 0.05) is 11.5 Å². The highest BCUT2D eigenvalue weighted by Gasteiger charge is 1.95. The molecule has 5 heteroatoms. The Balaban J connectivity index is 2.48. The van der Waals surface area contributed by atoms with E-state index in [9.17, 15) is 4.79 Å². The summed E-state index contributed by atoms with van der Waals surface area (Å²) in [6.45, 7) is 1.93. The molecule has 1 aromatic rings. The highest BCUT2D eigenvalue weighted by Crippen LogP contribution is 2.08. The van der Waals surface area contributed by atoms with Gasteiger partial charge in [-0.25, -0.2) is 4.98 Å². The summed E-state index contributed by atoms with van der Waals surface area (Å²) in [5.41, 5.74) is 0.764. The minimum Gasteiger partial charge on any atom is -0.339 e. The summed E-state index contributed by atoms with van der Waals surface area (Å²) in [4.78, 5) is 15.2. The van der Waals surface area contributed by atoms with E-state index in [0.29, 0.717) is 0 Å². The Bertz CT molecular complexity index is 389. The first kappa shape index (κ1) is 10.4. The summed E-state index contributed by atoms with van der Waals surface area (Å²) < 4.78 is 0. The van der Waals surface area contributed by atoms with Crippen molar-refractivity contribution < 1.29 is 4.79 Å². The van der Waals surface area contributed by atoms with Gasteiger partial charge in [0.15, 0.2) is 0 Å². The number of carbonyl (C=O) groups is 1. The van der Waals surface area contributed by atoms with Crippen LogP contribution in [0.25, 0.3) is 6.08 Å². The molecule has 0 spiro atoms. The Morgan fingerprint density at radius 3 is 3.21 bits per heavy atom. The molecule has 0 saturated heterocycles. The van der Waals surface area contributed by atoms with Crippen LogP contribution in [0.2, 0.25) is 0 Å². The molecular weight excluding hydrogens is 198 g/mol. The normalized spacial score (nSPS) is 10.0. The van der Waals surface area contributed by atoms with Crippen LogP contribution in [0, 0.1) is 18.3 Å². The van der Waals surface area contributed by atoms with Crippen LogP contribution in [0.15, 0.2) is 11.5 Å². The van der Waals surface area contributed by atoms with Crippen LogP contribution >= 0.6 is 11.3 Å². The van der Waals surface area contributed by atoms with Crippen molar-refractivity contribution in [1.82, 2.24) is 10.3 Å². The van der Waals surface area contributed by atoms with Crippen LogP contribution in [0.1, 0.15) is 10.7 Å². The van der Waals surface area contributed by atoms with E-state index in [1.54, 1.807) is 6.08 Å². The highest BCUT2D eigenvalue weighted by molar-refractivity contribution is 7.09. The molecule has 1 N–H and O–H groups in total. The SMILES string of the molecule is Cc1nc(C=CC(=O)NCC#N)cs1. The number of carbonyl (C=O) groups excluding carboxylic acids is 1. The smallest absolute Gasteiger partial charge is 0.244 e. The molecular formula is C9H9N3OS. The van der Waals surface area contributed by atoms with Gasteiger partial charge in [-0.3, -0.25) is 4.79 Å². The summed E-state index contributed by atoms with van der Waals surface area (Å²) in [7, 11) is 0. The third kappa shape index (κ3) is 3.37. The molecule has 1 aromatic heterocycles. The summed E-state index contributed by atoms with van der Waals surface area (Å²) >= 11 is 1.53. The Labute approximate surface area is 85.9 Å². The Morgan fingerprint density at radius 2 is 2.64 bits per heavy atom. The molecule has 1 amide bonds. The van der Waals surface area contributed by atoms with E-state index in [2.05, 4.69) is 10.3 Å². The molecule has 0 unspecified atom stereocenters. The van der Waals surface area contributed by atoms with E-state index in [4.69, 9.17) is 5.26 Å². The van der Waals surface area contributed by atoms with Crippen molar-refractivity contribution in [2.24, 2.45) is 0 Å². The van der Waals surface area contributed by atoms with Crippen molar-refractivity contribution in [1.29, 1.82) is 5.26 Å². The molecule has 0 aliphatic rings. The molecule has 14 heavy (non-hydrogen) atoms. The molecule has 0 atom stereocenters. The van der Waals surface area contributed by atoms with E-state index < -0.39 is 0 Å². The lowest BCUT2D eigenvalue weighted by Crippen LogP contribution is -2.20. The molecule has 0 aliphatic heterocycles. The van der Waals surface area contributed by atoms with Gasteiger partial charge in [-0.2, -0.15) is 5.26 Å². The second-order valence-corrected chi connectivity index (χ2v) is 3.56. The first-order valence-electron chi connectivity index (χ1n) is 3.97. The average molecular weight is 207 g/mol. The Hall–Kier alpha value is -1.67. The fraction of sp³-hybridized carbons (Fsp3) is 0.222. The number of nitrogens with zero attached hydrogens (tertiary/aromatic N) is 2. The number of hydrogen-bond acceptors (Lipinski definition) is 4. The zero-order valence-corrected chi connectivity index (χ0v) is 8.47. The summed E-state index contributed by atoms with van der Waals surface area (Å²) in [6.07, 6.45) is 2.99. The van der Waals surface area contributed by atoms with Gasteiger partial charge in [0.05, 0.1) is 16.8 Å². The monoisotopic (exact) mass is 207 g/mol. The van der Waals surface area contributed by atoms with Gasteiger partial charge in [-0.05, 0) is 13.0 Å². The van der Waals surface area contributed by atoms with Gasteiger partial charge in [0.2, 0.25) is 5.91 Å². The Kier molecular flexibility index (Phi) is 3.83. The number of amides is 1. The summed E-state index contributed by atoms with van der Waals surface area (Å²) in [5.74, 6) is -0.280. The topological polar surface area (TPSA) is 65.8 Å². The minimum atomic E-state index is -0.280. The number of rotatable bonds is 3. The zero-order chi connectivity index (χ0) is 10.4. The van der Waals surface area contributed by atoms with E-state index >= 15 is 0 Å². The van der Waals surface area contributed by atoms with Gasteiger partial charge in [-0.1, -0.05) is 0 Å². The molecule has 0 fully saturated rings. The first-order chi connectivity index (χ1) is 6.72. The number of aryl methyl sites for hydroxylation is 1. The van der Waals surface area contributed by atoms with E-state index in [0.717, 1.165) is 10.7 Å². The molecule has 1 rings (SSSR count). The van der Waals surface area contributed by atoms with Gasteiger partial charge < -0.3 is 5.32 Å². The van der Waals surface area contributed by atoms with E-state index in [-0.39, 0.29) is 12.5 Å². The second kappa shape index (κ2) is 5.14. The summed E-state index contributed by atoms with van der Waals surface area (Å²) in [5, 5.41) is 13.4. The lowest BCUT2D eigenvalue weighted by atomic mass is 10.4. The average Bonchev–Trinajstić information content (AvgIpc) is 2.58. The van der Waals surface area contributed by atoms with Gasteiger partial charge in [0.25, 0.3) is 0 Å². The fourth-order valence-corrected chi connectivity index (χ4v) is 1.38. The van der Waals surface area contributed by atoms with Crippen molar-refractivity contribution in [3.63, 3.8) is 0 Å². The van der Waals surface area contributed by atoms with Crippen molar-refractivity contribution in [2.45, 2.75) is 6.92 Å². The maximum absolute atomic E-state index is 11.0. The van der Waals surface area contributed by atoms with Crippen molar-refractivity contribution in [3.8, 4) is 6.07 Å². The van der Waals surface area contributed by atoms with Crippen LogP contribution in [-0.2, 0) is 4.79 Å². The van der Waals surface area contributed by atoms with Gasteiger partial charge >= 0.3 is 0 Å². The van der Waals surface area contributed by atoms with Gasteiger partial charge in [0.1, 0.15) is 6.54 Å². The molecule has 0 radical (unpaired) electrons. The largest absolute Gasteiger partial charge is 0.339 e. The number of nitriles is 1. The van der Waals surface area contributed by atoms with Crippen molar-refractivity contribution >= 4 is 23.3 Å². The minimum absolute atomic E-state index is 0.0271. The molecule has 4 nitrogen and oxygen atoms in total. The number of aromatic nitrogens is 1. The van der Waals surface area contributed by atoms with E-state index in [1.807, 2.05) is 18.4 Å². The zero-order valence-electron chi connectivity index (χ0n) is 7.65. The second-order valence-electron chi connectivity index (χ2n) is 2.50. The lowest BCUT2D eigenvalue weighted by Gasteiger charge is -1.91. The van der Waals surface area contributed by atoms with Crippen LogP contribution < -0.4 is 5.32 Å². The molecule has 0 saturated carbocycles. The van der Waals surface area contributed by atoms with Crippen LogP contribution in [0.5, 0.6) is 0 Å². The predicted octanol–water partition coefficient (Wildman–Crippen LogP) is 1.10. The maximum atomic E-state index is 11.0. The molecule has 1 heterocycles. The molecule has 0 aliphatic carbocycles. The van der Waals surface area contributed by atoms with Crippen molar-refractivity contribution in [3.05, 3.63) is 22.2 Å². The highest BCUT2D eigenvalue weighted by atomic mass is 32.1. The number of thiazole rings is 1. The van der Waals surface area contributed by atoms with Crippen LogP contribution in [0.3, 0.4) is 0 Å². The first-order valence-corrected chi connectivity index (χ1v) is 4.85. The number of nitrogens with one attached hydrogen (secondary N) is 1. The van der Waals surface area contributed by atoms with Crippen LogP contribution in [0.4, 0.5) is 0 Å². The molecule has 0 bridgehead atoms. The molecule has 72 valence electrons. The lowest BCUT2D eigenvalue weighted by molar-refractivity contribution is -0.116. The van der Waals surface area contributed by atoms with Gasteiger partial charge in [-0.15, -0.1) is 11.3 Å². The predicted molar refractivity (Wildman–Crippen MR) is 54.5 cm³/mol. The maximum Gasteiger partial charge on any atom is 0.244 e. The van der Waals surface area contributed by atoms with E-state index in [1.165, 1.54) is 17.4 Å². The standard InChI is InChI=1S/C9H9N3OS/c1-7-12-8(6-14-7)2-3-9(13)11-5-4-10/h2-3,6H,5H2,1H3,(H,11,13). The quantitative estimate of drug-likeness (QED) is 0.596. The third-order valence-corrected chi connectivity index (χ3v) is 2.18. The molecule has 0 aromatic carbocycles. The fourth-order valence-electron chi connectivity index (χ4n) is 0.803. The summed E-state index contributed by atoms with van der Waals surface area (Å²) in [6, 6.07) is 1.82. The third-order valence-electron chi connectivity index (χ3n) is 1.38. The Morgan fingerprint density at radius 1 is 1.86 bits per heavy atom. The van der Waals surface area contributed by atoms with Crippen LogP contribution in [-0.4, -0.2) is 17.4 Å².